The summed E-state index contributed by atoms with van der Waals surface area (Å²) in [5.41, 5.74) is 2.50. The average Bonchev–Trinajstić information content (AvgIpc) is 2.58. The van der Waals surface area contributed by atoms with Crippen molar-refractivity contribution in [2.75, 3.05) is 19.6 Å². The summed E-state index contributed by atoms with van der Waals surface area (Å²) in [6.45, 7) is 3.20. The van der Waals surface area contributed by atoms with E-state index >= 15 is 0 Å². The van der Waals surface area contributed by atoms with Crippen molar-refractivity contribution in [2.45, 2.75) is 25.4 Å². The van der Waals surface area contributed by atoms with Crippen LogP contribution >= 0.6 is 0 Å². The molecule has 0 amide bonds. The Morgan fingerprint density at radius 3 is 2.14 bits per heavy atom. The van der Waals surface area contributed by atoms with Gasteiger partial charge in [-0.2, -0.15) is 0 Å². The SMILES string of the molecule is O[C@@H](C[NH+]1CCC(Cc2ccccc2)CC1)c1ccccc1. The van der Waals surface area contributed by atoms with E-state index in [1.165, 1.54) is 37.9 Å². The number of nitrogens with one attached hydrogen (secondary N) is 1. The fourth-order valence-electron chi connectivity index (χ4n) is 3.51. The summed E-state index contributed by atoms with van der Waals surface area (Å²) >= 11 is 0. The first-order valence-corrected chi connectivity index (χ1v) is 8.42. The van der Waals surface area contributed by atoms with Crippen LogP contribution in [0.4, 0.5) is 0 Å². The van der Waals surface area contributed by atoms with Crippen molar-refractivity contribution in [3.63, 3.8) is 0 Å². The topological polar surface area (TPSA) is 24.7 Å². The molecule has 22 heavy (non-hydrogen) atoms. The van der Waals surface area contributed by atoms with Gasteiger partial charge in [-0.3, -0.25) is 0 Å². The van der Waals surface area contributed by atoms with Crippen LogP contribution in [0, 0.1) is 5.92 Å². The number of aliphatic hydroxyl groups is 1. The Bertz CT molecular complexity index is 546. The molecule has 116 valence electrons. The molecule has 0 bridgehead atoms. The van der Waals surface area contributed by atoms with Crippen molar-refractivity contribution in [3.8, 4) is 0 Å². The van der Waals surface area contributed by atoms with Crippen molar-refractivity contribution >= 4 is 0 Å². The number of hydrogen-bond donors (Lipinski definition) is 2. The Morgan fingerprint density at radius 1 is 0.909 bits per heavy atom. The summed E-state index contributed by atoms with van der Waals surface area (Å²) in [6.07, 6.45) is 3.41. The zero-order valence-electron chi connectivity index (χ0n) is 13.1. The highest BCUT2D eigenvalue weighted by Gasteiger charge is 2.24. The molecule has 0 radical (unpaired) electrons. The molecule has 1 saturated heterocycles. The number of aliphatic hydroxyl groups excluding tert-OH is 1. The minimum Gasteiger partial charge on any atom is -0.382 e. The smallest absolute Gasteiger partial charge is 0.128 e. The van der Waals surface area contributed by atoms with Crippen LogP contribution in [0.3, 0.4) is 0 Å². The van der Waals surface area contributed by atoms with Crippen LogP contribution in [-0.2, 0) is 6.42 Å². The maximum absolute atomic E-state index is 10.4. The van der Waals surface area contributed by atoms with E-state index in [1.807, 2.05) is 30.3 Å². The van der Waals surface area contributed by atoms with Gasteiger partial charge in [0, 0.05) is 0 Å². The molecule has 0 spiro atoms. The number of quaternary nitrogens is 1. The molecule has 0 unspecified atom stereocenters. The van der Waals surface area contributed by atoms with Crippen molar-refractivity contribution in [1.82, 2.24) is 0 Å². The van der Waals surface area contributed by atoms with E-state index in [4.69, 9.17) is 0 Å². The Hall–Kier alpha value is -1.64. The molecule has 1 fully saturated rings. The van der Waals surface area contributed by atoms with Crippen molar-refractivity contribution < 1.29 is 10.0 Å². The molecule has 1 aliphatic heterocycles. The van der Waals surface area contributed by atoms with Gasteiger partial charge in [-0.1, -0.05) is 60.7 Å². The maximum Gasteiger partial charge on any atom is 0.128 e. The van der Waals surface area contributed by atoms with Gasteiger partial charge in [0.1, 0.15) is 12.6 Å². The van der Waals surface area contributed by atoms with E-state index in [0.717, 1.165) is 18.0 Å². The third kappa shape index (κ3) is 4.19. The summed E-state index contributed by atoms with van der Waals surface area (Å²) in [6, 6.07) is 20.9. The number of hydrogen-bond acceptors (Lipinski definition) is 1. The summed E-state index contributed by atoms with van der Waals surface area (Å²) in [5, 5.41) is 10.4. The lowest BCUT2D eigenvalue weighted by atomic mass is 9.90. The van der Waals surface area contributed by atoms with Crippen LogP contribution < -0.4 is 4.90 Å². The molecule has 2 heteroatoms. The van der Waals surface area contributed by atoms with Crippen molar-refractivity contribution in [2.24, 2.45) is 5.92 Å². The minimum absolute atomic E-state index is 0.332. The zero-order valence-corrected chi connectivity index (χ0v) is 13.1. The van der Waals surface area contributed by atoms with E-state index in [2.05, 4.69) is 30.3 Å². The molecule has 1 heterocycles. The Labute approximate surface area is 133 Å². The highest BCUT2D eigenvalue weighted by atomic mass is 16.3. The molecule has 0 saturated carbocycles. The first kappa shape index (κ1) is 15.3. The number of rotatable bonds is 5. The molecule has 0 aromatic heterocycles. The standard InChI is InChI=1S/C20H25NO/c22-20(19-9-5-2-6-10-19)16-21-13-11-18(12-14-21)15-17-7-3-1-4-8-17/h1-10,18,20,22H,11-16H2/p+1/t20-/m0/s1. The van der Waals surface area contributed by atoms with Crippen LogP contribution in [0.1, 0.15) is 30.1 Å². The predicted molar refractivity (Wildman–Crippen MR) is 89.8 cm³/mol. The third-order valence-corrected chi connectivity index (χ3v) is 4.85. The third-order valence-electron chi connectivity index (χ3n) is 4.85. The Balaban J connectivity index is 1.46. The van der Waals surface area contributed by atoms with Crippen LogP contribution in [0.5, 0.6) is 0 Å². The van der Waals surface area contributed by atoms with E-state index in [1.54, 1.807) is 4.90 Å². The molecule has 1 aliphatic rings. The lowest BCUT2D eigenvalue weighted by Gasteiger charge is -2.30. The van der Waals surface area contributed by atoms with E-state index in [-0.39, 0.29) is 6.10 Å². The summed E-state index contributed by atoms with van der Waals surface area (Å²) in [7, 11) is 0. The Kier molecular flexibility index (Phi) is 5.25. The van der Waals surface area contributed by atoms with E-state index in [9.17, 15) is 5.11 Å². The quantitative estimate of drug-likeness (QED) is 0.869. The van der Waals surface area contributed by atoms with Gasteiger partial charge in [-0.15, -0.1) is 0 Å². The molecule has 2 N–H and O–H groups in total. The average molecular weight is 296 g/mol. The molecular weight excluding hydrogens is 270 g/mol. The van der Waals surface area contributed by atoms with Gasteiger partial charge in [0.05, 0.1) is 13.1 Å². The van der Waals surface area contributed by atoms with E-state index < -0.39 is 0 Å². The molecule has 2 nitrogen and oxygen atoms in total. The van der Waals surface area contributed by atoms with Crippen LogP contribution in [0.2, 0.25) is 0 Å². The van der Waals surface area contributed by atoms with Gasteiger partial charge in [-0.05, 0) is 36.3 Å². The molecule has 0 aliphatic carbocycles. The fourth-order valence-corrected chi connectivity index (χ4v) is 3.51. The van der Waals surface area contributed by atoms with E-state index in [0.29, 0.717) is 0 Å². The highest BCUT2D eigenvalue weighted by molar-refractivity contribution is 5.17. The molecule has 2 aromatic rings. The van der Waals surface area contributed by atoms with Gasteiger partial charge in [0.15, 0.2) is 0 Å². The van der Waals surface area contributed by atoms with Crippen molar-refractivity contribution in [3.05, 3.63) is 71.8 Å². The largest absolute Gasteiger partial charge is 0.382 e. The predicted octanol–water partition coefficient (Wildman–Crippen LogP) is 2.26. The Morgan fingerprint density at radius 2 is 1.50 bits per heavy atom. The van der Waals surface area contributed by atoms with Crippen LogP contribution in [-0.4, -0.2) is 24.7 Å². The summed E-state index contributed by atoms with van der Waals surface area (Å²) in [5.74, 6) is 0.806. The van der Waals surface area contributed by atoms with Crippen molar-refractivity contribution in [1.29, 1.82) is 0 Å². The minimum atomic E-state index is -0.332. The maximum atomic E-state index is 10.4. The second-order valence-corrected chi connectivity index (χ2v) is 6.51. The van der Waals surface area contributed by atoms with Crippen LogP contribution in [0.25, 0.3) is 0 Å². The lowest BCUT2D eigenvalue weighted by Crippen LogP contribution is -3.13. The summed E-state index contributed by atoms with van der Waals surface area (Å²) in [4.78, 5) is 1.54. The highest BCUT2D eigenvalue weighted by Crippen LogP contribution is 2.17. The van der Waals surface area contributed by atoms with Gasteiger partial charge >= 0.3 is 0 Å². The van der Waals surface area contributed by atoms with Gasteiger partial charge in [-0.25, -0.2) is 0 Å². The van der Waals surface area contributed by atoms with Gasteiger partial charge in [0.2, 0.25) is 0 Å². The fraction of sp³-hybridized carbons (Fsp3) is 0.400. The first-order valence-electron chi connectivity index (χ1n) is 8.42. The second kappa shape index (κ2) is 7.57. The molecule has 2 aromatic carbocycles. The number of piperidine rings is 1. The lowest BCUT2D eigenvalue weighted by molar-refractivity contribution is -0.910. The normalized spacial score (nSPS) is 23.1. The summed E-state index contributed by atoms with van der Waals surface area (Å²) < 4.78 is 0. The monoisotopic (exact) mass is 296 g/mol. The van der Waals surface area contributed by atoms with Crippen LogP contribution in [0.15, 0.2) is 60.7 Å². The molecular formula is C20H26NO+. The van der Waals surface area contributed by atoms with Gasteiger partial charge in [0.25, 0.3) is 0 Å². The molecule has 3 rings (SSSR count). The second-order valence-electron chi connectivity index (χ2n) is 6.51. The first-order chi connectivity index (χ1) is 10.8. The number of likely N-dealkylation sites (tertiary alicyclic amines) is 1. The molecule has 1 atom stereocenters. The number of benzene rings is 2. The van der Waals surface area contributed by atoms with Gasteiger partial charge < -0.3 is 10.0 Å². The zero-order chi connectivity index (χ0) is 15.2.